The fourth-order valence-electron chi connectivity index (χ4n) is 6.39. The van der Waals surface area contributed by atoms with Gasteiger partial charge in [-0.3, -0.25) is 19.2 Å². The Hall–Kier alpha value is -4.29. The molecule has 13 heteroatoms. The molecule has 1 fully saturated rings. The Morgan fingerprint density at radius 1 is 1.22 bits per heavy atom. The highest BCUT2D eigenvalue weighted by Crippen LogP contribution is 2.46. The highest BCUT2D eigenvalue weighted by atomic mass is 19.1. The maximum atomic E-state index is 14.3. The molecule has 1 aromatic heterocycles. The van der Waals surface area contributed by atoms with Crippen molar-refractivity contribution in [1.82, 2.24) is 14.8 Å². The van der Waals surface area contributed by atoms with Crippen LogP contribution < -0.4 is 15.5 Å². The Bertz CT molecular complexity index is 1610. The predicted octanol–water partition coefficient (Wildman–Crippen LogP) is 4.87. The van der Waals surface area contributed by atoms with Crippen LogP contribution in [0.15, 0.2) is 34.3 Å². The molecule has 0 radical (unpaired) electrons. The van der Waals surface area contributed by atoms with E-state index in [1.165, 1.54) is 12.3 Å². The predicted molar refractivity (Wildman–Crippen MR) is 163 cm³/mol. The lowest BCUT2D eigenvalue weighted by Gasteiger charge is -2.42. The van der Waals surface area contributed by atoms with Crippen LogP contribution in [-0.4, -0.2) is 57.9 Å². The monoisotopic (exact) mass is 642 g/mol. The third-order valence-electron chi connectivity index (χ3n) is 8.96. The molecule has 248 valence electrons. The molecule has 4 heterocycles. The van der Waals surface area contributed by atoms with Crippen LogP contribution in [0, 0.1) is 17.6 Å². The second-order valence-electron chi connectivity index (χ2n) is 12.8. The van der Waals surface area contributed by atoms with Crippen molar-refractivity contribution in [3.8, 4) is 5.75 Å². The lowest BCUT2D eigenvalue weighted by molar-refractivity contribution is -0.150. The maximum absolute atomic E-state index is 14.3. The van der Waals surface area contributed by atoms with Gasteiger partial charge in [0.05, 0.1) is 11.8 Å². The molecule has 0 unspecified atom stereocenters. The zero-order chi connectivity index (χ0) is 33.2. The van der Waals surface area contributed by atoms with Crippen molar-refractivity contribution < 1.29 is 37.5 Å². The first-order valence-electron chi connectivity index (χ1n) is 15.7. The van der Waals surface area contributed by atoms with Crippen molar-refractivity contribution in [2.24, 2.45) is 11.1 Å². The molecule has 3 aliphatic rings. The van der Waals surface area contributed by atoms with Gasteiger partial charge in [0, 0.05) is 49.8 Å². The number of nitrogens with one attached hydrogen (secondary N) is 1. The second kappa shape index (κ2) is 13.6. The van der Waals surface area contributed by atoms with Crippen LogP contribution in [0.5, 0.6) is 5.75 Å². The first kappa shape index (κ1) is 33.1. The van der Waals surface area contributed by atoms with Crippen LogP contribution in [0.1, 0.15) is 105 Å². The molecule has 11 nitrogen and oxygen atoms in total. The number of ether oxygens (including phenoxy) is 2. The molecule has 5 rings (SSSR count). The number of unbranched alkanes of at least 4 members (excludes halogenated alkanes) is 1. The third kappa shape index (κ3) is 6.78. The van der Waals surface area contributed by atoms with Crippen molar-refractivity contribution >= 4 is 23.5 Å². The van der Waals surface area contributed by atoms with E-state index in [-0.39, 0.29) is 42.4 Å². The van der Waals surface area contributed by atoms with E-state index in [0.717, 1.165) is 24.6 Å². The fourth-order valence-corrected chi connectivity index (χ4v) is 6.39. The van der Waals surface area contributed by atoms with Gasteiger partial charge in [0.15, 0.2) is 11.3 Å². The molecule has 1 aromatic carbocycles. The smallest absolute Gasteiger partial charge is 0.308 e. The zero-order valence-electron chi connectivity index (χ0n) is 26.6. The largest absolute Gasteiger partial charge is 0.451 e. The van der Waals surface area contributed by atoms with Crippen LogP contribution in [0.25, 0.3) is 0 Å². The summed E-state index contributed by atoms with van der Waals surface area (Å²) in [6, 6.07) is 2.22. The van der Waals surface area contributed by atoms with Gasteiger partial charge >= 0.3 is 5.97 Å². The molecular formula is C33H40F2N4O7. The number of rotatable bonds is 11. The minimum atomic E-state index is -0.897. The van der Waals surface area contributed by atoms with E-state index in [0.29, 0.717) is 37.7 Å². The standard InChI is InChI=1S/C33H40F2N4O7/c1-19(2)7-5-6-8-27(40)44-18-45-30-28-32(43)38-17-26(33(12-11-21(38)4)14-20(3)37-46-33)39(28)16-24(29(30)41)31(42)36-15-22-9-10-23(34)13-25(22)35/h9-10,13,16,19,21,26H,5-8,11-12,14-15,17-18H2,1-4H3,(H,36,42)/t21-,26+,33-/m0/s1. The Labute approximate surface area is 265 Å². The molecule has 3 atom stereocenters. The highest BCUT2D eigenvalue weighted by molar-refractivity contribution is 5.99. The molecule has 1 N–H and O–H groups in total. The number of oxime groups is 1. The van der Waals surface area contributed by atoms with E-state index in [9.17, 15) is 28.0 Å². The van der Waals surface area contributed by atoms with Crippen molar-refractivity contribution in [3.63, 3.8) is 0 Å². The zero-order valence-corrected chi connectivity index (χ0v) is 26.6. The number of halogens is 2. The molecule has 0 aliphatic carbocycles. The van der Waals surface area contributed by atoms with Crippen LogP contribution >= 0.6 is 0 Å². The number of benzene rings is 1. The van der Waals surface area contributed by atoms with Crippen molar-refractivity contribution in [3.05, 3.63) is 63.1 Å². The van der Waals surface area contributed by atoms with Gasteiger partial charge in [-0.05, 0) is 45.1 Å². The SMILES string of the molecule is CC1=NO[C@@]2(CC[C@H](C)N3C[C@H]2n2cc(C(=O)NCc4ccc(F)cc4F)c(=O)c(OCOC(=O)CCCCC(C)C)c2C3=O)C1. The van der Waals surface area contributed by atoms with Gasteiger partial charge in [0.1, 0.15) is 17.2 Å². The van der Waals surface area contributed by atoms with E-state index in [4.69, 9.17) is 14.3 Å². The summed E-state index contributed by atoms with van der Waals surface area (Å²) in [4.78, 5) is 61.4. The van der Waals surface area contributed by atoms with Crippen LogP contribution in [0.2, 0.25) is 0 Å². The summed E-state index contributed by atoms with van der Waals surface area (Å²) < 4.78 is 40.2. The van der Waals surface area contributed by atoms with Gasteiger partial charge in [-0.15, -0.1) is 0 Å². The van der Waals surface area contributed by atoms with Gasteiger partial charge in [0.2, 0.25) is 18.0 Å². The number of aromatic nitrogens is 1. The Morgan fingerprint density at radius 2 is 2.00 bits per heavy atom. The van der Waals surface area contributed by atoms with Gasteiger partial charge in [-0.25, -0.2) is 8.78 Å². The van der Waals surface area contributed by atoms with Crippen LogP contribution in [-0.2, 0) is 20.9 Å². The number of esters is 1. The van der Waals surface area contributed by atoms with E-state index < -0.39 is 59.0 Å². The van der Waals surface area contributed by atoms with Crippen LogP contribution in [0.4, 0.5) is 8.78 Å². The first-order chi connectivity index (χ1) is 21.9. The molecule has 3 aliphatic heterocycles. The summed E-state index contributed by atoms with van der Waals surface area (Å²) in [5.41, 5.74) is -1.41. The summed E-state index contributed by atoms with van der Waals surface area (Å²) in [5.74, 6) is -3.39. The van der Waals surface area contributed by atoms with Crippen molar-refractivity contribution in [1.29, 1.82) is 0 Å². The number of amides is 2. The number of fused-ring (bicyclic) bond motifs is 5. The quantitative estimate of drug-likeness (QED) is 0.211. The first-order valence-corrected chi connectivity index (χ1v) is 15.7. The lowest BCUT2D eigenvalue weighted by atomic mass is 9.84. The third-order valence-corrected chi connectivity index (χ3v) is 8.96. The minimum Gasteiger partial charge on any atom is -0.451 e. The lowest BCUT2D eigenvalue weighted by Crippen LogP contribution is -2.52. The number of hydrogen-bond acceptors (Lipinski definition) is 8. The number of carbonyl (C=O) groups excluding carboxylic acids is 3. The van der Waals surface area contributed by atoms with Gasteiger partial charge in [-0.2, -0.15) is 0 Å². The molecule has 46 heavy (non-hydrogen) atoms. The molecule has 2 aromatic rings. The molecule has 1 spiro atoms. The number of pyridine rings is 1. The van der Waals surface area contributed by atoms with E-state index in [2.05, 4.69) is 24.3 Å². The topological polar surface area (TPSA) is 129 Å². The summed E-state index contributed by atoms with van der Waals surface area (Å²) in [6.45, 7) is 7.24. The Morgan fingerprint density at radius 3 is 2.70 bits per heavy atom. The molecular weight excluding hydrogens is 602 g/mol. The van der Waals surface area contributed by atoms with Crippen molar-refractivity contribution in [2.45, 2.75) is 96.9 Å². The van der Waals surface area contributed by atoms with E-state index >= 15 is 0 Å². The summed E-state index contributed by atoms with van der Waals surface area (Å²) in [5, 5.41) is 6.72. The number of nitrogens with zero attached hydrogens (tertiary/aromatic N) is 3. The van der Waals surface area contributed by atoms with E-state index in [1.807, 2.05) is 13.8 Å². The van der Waals surface area contributed by atoms with Crippen LogP contribution in [0.3, 0.4) is 0 Å². The fraction of sp³-hybridized carbons (Fsp3) is 0.545. The van der Waals surface area contributed by atoms with Crippen molar-refractivity contribution in [2.75, 3.05) is 13.3 Å². The Balaban J connectivity index is 1.48. The summed E-state index contributed by atoms with van der Waals surface area (Å²) in [7, 11) is 0. The van der Waals surface area contributed by atoms with Gasteiger partial charge < -0.3 is 29.1 Å². The van der Waals surface area contributed by atoms with Gasteiger partial charge in [-0.1, -0.05) is 37.9 Å². The molecule has 2 amide bonds. The molecule has 1 saturated heterocycles. The molecule has 2 bridgehead atoms. The second-order valence-corrected chi connectivity index (χ2v) is 12.8. The maximum Gasteiger partial charge on any atom is 0.308 e. The summed E-state index contributed by atoms with van der Waals surface area (Å²) >= 11 is 0. The highest BCUT2D eigenvalue weighted by Gasteiger charge is 2.54. The summed E-state index contributed by atoms with van der Waals surface area (Å²) in [6.07, 6.45) is 5.60. The average molecular weight is 643 g/mol. The number of carbonyl (C=O) groups is 3. The molecule has 0 saturated carbocycles. The minimum absolute atomic E-state index is 0.0131. The van der Waals surface area contributed by atoms with Gasteiger partial charge in [0.25, 0.3) is 11.8 Å². The normalized spacial score (nSPS) is 21.8. The number of hydrogen-bond donors (Lipinski definition) is 1. The average Bonchev–Trinajstić information content (AvgIpc) is 3.34. The van der Waals surface area contributed by atoms with E-state index in [1.54, 1.807) is 9.47 Å². The Kier molecular flexibility index (Phi) is 9.78.